The third-order valence-corrected chi connectivity index (χ3v) is 3.65. The smallest absolute Gasteiger partial charge is 0.257 e. The fraction of sp³-hybridized carbons (Fsp3) is 0.0556. The molecule has 0 atom stereocenters. The second-order valence-electron chi connectivity index (χ2n) is 5.25. The Labute approximate surface area is 138 Å². The number of pyridine rings is 1. The maximum Gasteiger partial charge on any atom is 0.257 e. The van der Waals surface area contributed by atoms with Crippen LogP contribution >= 0.6 is 0 Å². The number of benzene rings is 2. The van der Waals surface area contributed by atoms with Gasteiger partial charge in [-0.2, -0.15) is 0 Å². The largest absolute Gasteiger partial charge is 0.398 e. The van der Waals surface area contributed by atoms with E-state index in [-0.39, 0.29) is 17.5 Å². The first kappa shape index (κ1) is 15.5. The highest BCUT2D eigenvalue weighted by Crippen LogP contribution is 2.20. The van der Waals surface area contributed by atoms with Crippen molar-refractivity contribution in [2.75, 3.05) is 18.1 Å². The monoisotopic (exact) mass is 320 g/mol. The summed E-state index contributed by atoms with van der Waals surface area (Å²) in [5, 5.41) is 6.25. The molecular weight excluding hydrogens is 304 g/mol. The van der Waals surface area contributed by atoms with Gasteiger partial charge in [0.2, 0.25) is 0 Å². The molecule has 2 aromatic carbocycles. The second kappa shape index (κ2) is 6.37. The van der Waals surface area contributed by atoms with Crippen LogP contribution in [0.25, 0.3) is 10.9 Å². The summed E-state index contributed by atoms with van der Waals surface area (Å²) in [5.41, 5.74) is 8.37. The lowest BCUT2D eigenvalue weighted by Gasteiger charge is -2.09. The molecule has 0 unspecified atom stereocenters. The van der Waals surface area contributed by atoms with Crippen molar-refractivity contribution in [1.82, 2.24) is 10.3 Å². The van der Waals surface area contributed by atoms with E-state index in [1.165, 1.54) is 19.2 Å². The zero-order chi connectivity index (χ0) is 17.1. The van der Waals surface area contributed by atoms with Crippen molar-refractivity contribution in [1.29, 1.82) is 0 Å². The van der Waals surface area contributed by atoms with Crippen molar-refractivity contribution < 1.29 is 9.59 Å². The lowest BCUT2D eigenvalue weighted by atomic mass is 10.1. The number of nitrogens with two attached hydrogens (primary N) is 1. The Kier molecular flexibility index (Phi) is 4.11. The molecule has 0 radical (unpaired) electrons. The normalized spacial score (nSPS) is 10.4. The third kappa shape index (κ3) is 3.03. The van der Waals surface area contributed by atoms with Crippen LogP contribution in [-0.4, -0.2) is 23.8 Å². The van der Waals surface area contributed by atoms with Crippen LogP contribution in [-0.2, 0) is 0 Å². The minimum absolute atomic E-state index is 0.246. The van der Waals surface area contributed by atoms with Crippen molar-refractivity contribution >= 4 is 34.1 Å². The summed E-state index contributed by atoms with van der Waals surface area (Å²) in [6, 6.07) is 13.8. The average Bonchev–Trinajstić information content (AvgIpc) is 2.60. The van der Waals surface area contributed by atoms with Gasteiger partial charge in [-0.3, -0.25) is 14.6 Å². The number of carbonyl (C=O) groups is 2. The third-order valence-electron chi connectivity index (χ3n) is 3.65. The molecule has 0 aliphatic carbocycles. The summed E-state index contributed by atoms with van der Waals surface area (Å²) in [7, 11) is 1.54. The van der Waals surface area contributed by atoms with Crippen LogP contribution in [0.5, 0.6) is 0 Å². The molecule has 24 heavy (non-hydrogen) atoms. The highest BCUT2D eigenvalue weighted by atomic mass is 16.2. The molecule has 0 spiro atoms. The number of nitrogen functional groups attached to an aromatic ring is 1. The van der Waals surface area contributed by atoms with Crippen molar-refractivity contribution in [2.24, 2.45) is 0 Å². The number of nitrogens with one attached hydrogen (secondary N) is 2. The minimum Gasteiger partial charge on any atom is -0.398 e. The molecule has 4 N–H and O–H groups in total. The van der Waals surface area contributed by atoms with Crippen LogP contribution in [0.2, 0.25) is 0 Å². The summed E-state index contributed by atoms with van der Waals surface area (Å²) in [5.74, 6) is -0.588. The summed E-state index contributed by atoms with van der Waals surface area (Å²) >= 11 is 0. The zero-order valence-electron chi connectivity index (χ0n) is 13.0. The van der Waals surface area contributed by atoms with E-state index in [9.17, 15) is 9.59 Å². The number of nitrogens with zero attached hydrogens (tertiary/aromatic N) is 1. The Bertz CT molecular complexity index is 937. The average molecular weight is 320 g/mol. The van der Waals surface area contributed by atoms with Gasteiger partial charge in [-0.25, -0.2) is 0 Å². The van der Waals surface area contributed by atoms with Crippen LogP contribution in [0.1, 0.15) is 20.7 Å². The number of fused-ring (bicyclic) bond motifs is 1. The lowest BCUT2D eigenvalue weighted by Crippen LogP contribution is -2.19. The van der Waals surface area contributed by atoms with Gasteiger partial charge in [0.15, 0.2) is 0 Å². The van der Waals surface area contributed by atoms with E-state index in [0.717, 1.165) is 10.9 Å². The first-order valence-corrected chi connectivity index (χ1v) is 7.36. The molecule has 3 rings (SSSR count). The molecule has 0 saturated carbocycles. The highest BCUT2D eigenvalue weighted by Gasteiger charge is 2.13. The maximum atomic E-state index is 12.4. The number of anilines is 2. The van der Waals surface area contributed by atoms with Gasteiger partial charge in [0.1, 0.15) is 0 Å². The van der Waals surface area contributed by atoms with Gasteiger partial charge in [-0.15, -0.1) is 0 Å². The number of rotatable bonds is 3. The van der Waals surface area contributed by atoms with E-state index in [0.29, 0.717) is 16.8 Å². The molecule has 0 saturated heterocycles. The summed E-state index contributed by atoms with van der Waals surface area (Å²) in [6.45, 7) is 0. The molecule has 120 valence electrons. The Balaban J connectivity index is 1.84. The van der Waals surface area contributed by atoms with Gasteiger partial charge < -0.3 is 16.4 Å². The van der Waals surface area contributed by atoms with Gasteiger partial charge in [0.25, 0.3) is 11.8 Å². The number of aromatic nitrogens is 1. The Morgan fingerprint density at radius 3 is 2.62 bits per heavy atom. The van der Waals surface area contributed by atoms with Crippen LogP contribution in [0.4, 0.5) is 11.4 Å². The van der Waals surface area contributed by atoms with Gasteiger partial charge in [-0.05, 0) is 42.5 Å². The second-order valence-corrected chi connectivity index (χ2v) is 5.25. The van der Waals surface area contributed by atoms with Crippen molar-refractivity contribution in [3.8, 4) is 0 Å². The standard InChI is InChI=1S/C18H16N4O2/c1-20-17(23)12-4-6-14(15(19)10-12)18(24)22-13-5-7-16-11(9-13)3-2-8-21-16/h2-10H,19H2,1H3,(H,20,23)(H,22,24). The minimum atomic E-state index is -0.334. The molecule has 2 amide bonds. The summed E-state index contributed by atoms with van der Waals surface area (Å²) in [6.07, 6.45) is 1.72. The summed E-state index contributed by atoms with van der Waals surface area (Å²) < 4.78 is 0. The fourth-order valence-electron chi connectivity index (χ4n) is 2.41. The molecule has 3 aromatic rings. The number of carbonyl (C=O) groups excluding carboxylic acids is 2. The first-order valence-electron chi connectivity index (χ1n) is 7.36. The highest BCUT2D eigenvalue weighted by molar-refractivity contribution is 6.09. The molecule has 6 heteroatoms. The van der Waals surface area contributed by atoms with Crippen molar-refractivity contribution in [3.63, 3.8) is 0 Å². The molecule has 1 aromatic heterocycles. The van der Waals surface area contributed by atoms with E-state index in [2.05, 4.69) is 15.6 Å². The number of hydrogen-bond acceptors (Lipinski definition) is 4. The zero-order valence-corrected chi connectivity index (χ0v) is 13.0. The van der Waals surface area contributed by atoms with Crippen LogP contribution < -0.4 is 16.4 Å². The van der Waals surface area contributed by atoms with Gasteiger partial charge in [0, 0.05) is 35.6 Å². The van der Waals surface area contributed by atoms with Crippen molar-refractivity contribution in [2.45, 2.75) is 0 Å². The molecule has 0 aliphatic heterocycles. The van der Waals surface area contributed by atoms with E-state index in [4.69, 9.17) is 5.73 Å². The number of hydrogen-bond donors (Lipinski definition) is 3. The topological polar surface area (TPSA) is 97.1 Å². The van der Waals surface area contributed by atoms with E-state index in [1.54, 1.807) is 18.3 Å². The van der Waals surface area contributed by atoms with Gasteiger partial charge >= 0.3 is 0 Å². The molecular formula is C18H16N4O2. The number of amides is 2. The Morgan fingerprint density at radius 1 is 1.04 bits per heavy atom. The Morgan fingerprint density at radius 2 is 1.88 bits per heavy atom. The van der Waals surface area contributed by atoms with Crippen molar-refractivity contribution in [3.05, 3.63) is 65.9 Å². The molecule has 0 bridgehead atoms. The predicted octanol–water partition coefficient (Wildman–Crippen LogP) is 2.43. The Hall–Kier alpha value is -3.41. The SMILES string of the molecule is CNC(=O)c1ccc(C(=O)Nc2ccc3ncccc3c2)c(N)c1. The van der Waals surface area contributed by atoms with E-state index < -0.39 is 0 Å². The summed E-state index contributed by atoms with van der Waals surface area (Å²) in [4.78, 5) is 28.2. The van der Waals surface area contributed by atoms with Gasteiger partial charge in [-0.1, -0.05) is 6.07 Å². The van der Waals surface area contributed by atoms with E-state index in [1.807, 2.05) is 24.3 Å². The molecule has 6 nitrogen and oxygen atoms in total. The molecule has 1 heterocycles. The predicted molar refractivity (Wildman–Crippen MR) is 93.9 cm³/mol. The molecule has 0 fully saturated rings. The first-order chi connectivity index (χ1) is 11.6. The molecule has 0 aliphatic rings. The quantitative estimate of drug-likeness (QED) is 0.646. The lowest BCUT2D eigenvalue weighted by molar-refractivity contribution is 0.0961. The van der Waals surface area contributed by atoms with Crippen LogP contribution in [0, 0.1) is 0 Å². The van der Waals surface area contributed by atoms with Gasteiger partial charge in [0.05, 0.1) is 11.1 Å². The van der Waals surface area contributed by atoms with Crippen LogP contribution in [0.15, 0.2) is 54.7 Å². The fourth-order valence-corrected chi connectivity index (χ4v) is 2.41. The maximum absolute atomic E-state index is 12.4. The van der Waals surface area contributed by atoms with Crippen LogP contribution in [0.3, 0.4) is 0 Å². The van der Waals surface area contributed by atoms with E-state index >= 15 is 0 Å².